The summed E-state index contributed by atoms with van der Waals surface area (Å²) < 4.78 is 12.9. The summed E-state index contributed by atoms with van der Waals surface area (Å²) >= 11 is 0. The molecule has 1 aliphatic rings. The molecule has 5 nitrogen and oxygen atoms in total. The third kappa shape index (κ3) is 4.18. The molecule has 3 aromatic heterocycles. The van der Waals surface area contributed by atoms with E-state index in [1.165, 1.54) is 38.6 Å². The number of hydrogen-bond acceptors (Lipinski definition) is 5. The minimum absolute atomic E-state index is 0.577. The van der Waals surface area contributed by atoms with Gasteiger partial charge < -0.3 is 8.83 Å². The van der Waals surface area contributed by atoms with Crippen LogP contribution in [0.15, 0.2) is 173 Å². The number of fused-ring (bicyclic) bond motifs is 9. The Morgan fingerprint density at radius 3 is 1.56 bits per heavy atom. The fraction of sp³-hybridized carbons (Fsp3) is 0. The highest BCUT2D eigenvalue weighted by molar-refractivity contribution is 6.19. The summed E-state index contributed by atoms with van der Waals surface area (Å²) in [6.45, 7) is 0. The smallest absolute Gasteiger partial charge is 0.164 e. The highest BCUT2D eigenvalue weighted by Gasteiger charge is 2.24. The molecule has 250 valence electrons. The zero-order valence-corrected chi connectivity index (χ0v) is 28.7. The fourth-order valence-electron chi connectivity index (χ4n) is 8.53. The largest absolute Gasteiger partial charge is 0.456 e. The van der Waals surface area contributed by atoms with Crippen LogP contribution < -0.4 is 0 Å². The summed E-state index contributed by atoms with van der Waals surface area (Å²) in [6.07, 6.45) is 0. The van der Waals surface area contributed by atoms with Gasteiger partial charge in [0.05, 0.1) is 0 Å². The number of benzene rings is 8. The van der Waals surface area contributed by atoms with Crippen LogP contribution in [0.1, 0.15) is 0 Å². The molecule has 0 saturated carbocycles. The van der Waals surface area contributed by atoms with E-state index in [0.717, 1.165) is 66.1 Å². The van der Waals surface area contributed by atoms with Crippen LogP contribution in [-0.2, 0) is 0 Å². The Hall–Kier alpha value is -7.37. The van der Waals surface area contributed by atoms with Crippen molar-refractivity contribution in [2.24, 2.45) is 0 Å². The summed E-state index contributed by atoms with van der Waals surface area (Å²) in [7, 11) is 0. The Balaban J connectivity index is 1.05. The van der Waals surface area contributed by atoms with Gasteiger partial charge in [0.2, 0.25) is 0 Å². The van der Waals surface area contributed by atoms with Crippen molar-refractivity contribution >= 4 is 54.6 Å². The minimum Gasteiger partial charge on any atom is -0.456 e. The van der Waals surface area contributed by atoms with Crippen LogP contribution in [0, 0.1) is 0 Å². The molecule has 0 atom stereocenters. The topological polar surface area (TPSA) is 65.0 Å². The highest BCUT2D eigenvalue weighted by Crippen LogP contribution is 2.49. The Morgan fingerprint density at radius 1 is 0.278 bits per heavy atom. The summed E-state index contributed by atoms with van der Waals surface area (Å²) in [5.41, 5.74) is 13.4. The Kier molecular flexibility index (Phi) is 5.99. The number of furan rings is 2. The monoisotopic (exact) mass is 689 g/mol. The summed E-state index contributed by atoms with van der Waals surface area (Å²) in [5.74, 6) is 1.76. The molecule has 0 N–H and O–H groups in total. The second kappa shape index (κ2) is 11.1. The van der Waals surface area contributed by atoms with Gasteiger partial charge in [-0.25, -0.2) is 15.0 Å². The Labute approximate surface area is 308 Å². The van der Waals surface area contributed by atoms with Crippen LogP contribution in [0.2, 0.25) is 0 Å². The number of nitrogens with zero attached hydrogens (tertiary/aromatic N) is 3. The van der Waals surface area contributed by atoms with Crippen molar-refractivity contribution in [2.75, 3.05) is 0 Å². The molecule has 5 heteroatoms. The summed E-state index contributed by atoms with van der Waals surface area (Å²) in [5, 5.41) is 6.53. The molecule has 3 heterocycles. The average Bonchev–Trinajstić information content (AvgIpc) is 3.91. The van der Waals surface area contributed by atoms with Crippen molar-refractivity contribution in [3.63, 3.8) is 0 Å². The molecule has 1 aliphatic carbocycles. The van der Waals surface area contributed by atoms with Crippen molar-refractivity contribution in [3.8, 4) is 67.5 Å². The molecule has 54 heavy (non-hydrogen) atoms. The normalized spacial score (nSPS) is 12.1. The number of rotatable bonds is 4. The first-order valence-electron chi connectivity index (χ1n) is 18.1. The fourth-order valence-corrected chi connectivity index (χ4v) is 8.53. The van der Waals surface area contributed by atoms with E-state index < -0.39 is 0 Å². The van der Waals surface area contributed by atoms with Crippen molar-refractivity contribution in [1.82, 2.24) is 15.0 Å². The first-order chi connectivity index (χ1) is 26.8. The van der Waals surface area contributed by atoms with E-state index in [1.54, 1.807) is 0 Å². The van der Waals surface area contributed by atoms with Gasteiger partial charge in [-0.2, -0.15) is 0 Å². The van der Waals surface area contributed by atoms with Gasteiger partial charge >= 0.3 is 0 Å². The molecule has 0 aliphatic heterocycles. The zero-order valence-electron chi connectivity index (χ0n) is 28.7. The van der Waals surface area contributed by atoms with Crippen molar-refractivity contribution in [3.05, 3.63) is 164 Å². The maximum Gasteiger partial charge on any atom is 0.164 e. The zero-order chi connectivity index (χ0) is 35.3. The lowest BCUT2D eigenvalue weighted by molar-refractivity contribution is 0.668. The molecule has 12 rings (SSSR count). The lowest BCUT2D eigenvalue weighted by Gasteiger charge is -2.10. The van der Waals surface area contributed by atoms with Gasteiger partial charge in [0.1, 0.15) is 22.3 Å². The summed E-state index contributed by atoms with van der Waals surface area (Å²) in [6, 6.07) is 56.7. The lowest BCUT2D eigenvalue weighted by atomic mass is 9.93. The van der Waals surface area contributed by atoms with E-state index in [4.69, 9.17) is 23.8 Å². The molecule has 0 radical (unpaired) electrons. The number of aromatic nitrogens is 3. The maximum absolute atomic E-state index is 6.64. The minimum atomic E-state index is 0.577. The van der Waals surface area contributed by atoms with Crippen molar-refractivity contribution in [1.29, 1.82) is 0 Å². The second-order valence-electron chi connectivity index (χ2n) is 13.9. The Morgan fingerprint density at radius 2 is 0.796 bits per heavy atom. The third-order valence-electron chi connectivity index (χ3n) is 10.9. The standard InChI is InChI=1S/C49H27N3O2/c1-2-11-28(12-3-1)47-50-48(38-18-9-21-41-45(38)36-15-6-7-20-40(36)53-41)52-49(51-47)39-19-10-22-42-46(39)37-24-23-29(27-43(37)54-42)30-25-26-35-32-14-5-4-13-31(32)34-17-8-16-33(30)44(34)35/h1-27H. The van der Waals surface area contributed by atoms with Gasteiger partial charge in [-0.05, 0) is 74.5 Å². The molecular formula is C49H27N3O2. The summed E-state index contributed by atoms with van der Waals surface area (Å²) in [4.78, 5) is 15.4. The SMILES string of the molecule is c1ccc(-c2nc(-c3cccc4oc5ccccc5c34)nc(-c3cccc4oc5cc(-c6ccc7c8c(cccc68)-c6ccccc6-7)ccc5c34)n2)cc1. The molecule has 0 saturated heterocycles. The Bertz CT molecular complexity index is 3310. The van der Waals surface area contributed by atoms with Gasteiger partial charge in [0.25, 0.3) is 0 Å². The predicted octanol–water partition coefficient (Wildman–Crippen LogP) is 13.1. The molecule has 0 unspecified atom stereocenters. The number of hydrogen-bond donors (Lipinski definition) is 0. The van der Waals surface area contributed by atoms with Gasteiger partial charge in [-0.1, -0.05) is 133 Å². The molecule has 0 spiro atoms. The van der Waals surface area contributed by atoms with E-state index in [1.807, 2.05) is 72.8 Å². The maximum atomic E-state index is 6.64. The van der Waals surface area contributed by atoms with E-state index in [9.17, 15) is 0 Å². The lowest BCUT2D eigenvalue weighted by Crippen LogP contribution is -2.00. The first kappa shape index (κ1) is 29.2. The van der Waals surface area contributed by atoms with Crippen molar-refractivity contribution in [2.45, 2.75) is 0 Å². The van der Waals surface area contributed by atoms with E-state index in [-0.39, 0.29) is 0 Å². The molecular weight excluding hydrogens is 663 g/mol. The van der Waals surface area contributed by atoms with Gasteiger partial charge in [-0.3, -0.25) is 0 Å². The second-order valence-corrected chi connectivity index (χ2v) is 13.9. The van der Waals surface area contributed by atoms with Crippen LogP contribution in [0.3, 0.4) is 0 Å². The third-order valence-corrected chi connectivity index (χ3v) is 10.9. The molecule has 11 aromatic rings. The van der Waals surface area contributed by atoms with Crippen LogP contribution in [0.25, 0.3) is 122 Å². The molecule has 8 aromatic carbocycles. The first-order valence-corrected chi connectivity index (χ1v) is 18.1. The van der Waals surface area contributed by atoms with E-state index in [0.29, 0.717) is 17.5 Å². The molecule has 0 amide bonds. The molecule has 0 fully saturated rings. The average molecular weight is 690 g/mol. The van der Waals surface area contributed by atoms with Crippen LogP contribution in [0.5, 0.6) is 0 Å². The van der Waals surface area contributed by atoms with E-state index >= 15 is 0 Å². The van der Waals surface area contributed by atoms with Gasteiger partial charge in [-0.15, -0.1) is 0 Å². The molecule has 0 bridgehead atoms. The van der Waals surface area contributed by atoms with Crippen LogP contribution >= 0.6 is 0 Å². The van der Waals surface area contributed by atoms with Crippen LogP contribution in [-0.4, -0.2) is 15.0 Å². The van der Waals surface area contributed by atoms with Gasteiger partial charge in [0.15, 0.2) is 17.5 Å². The van der Waals surface area contributed by atoms with Gasteiger partial charge in [0, 0.05) is 38.2 Å². The quantitative estimate of drug-likeness (QED) is 0.184. The van der Waals surface area contributed by atoms with Crippen molar-refractivity contribution < 1.29 is 8.83 Å². The predicted molar refractivity (Wildman–Crippen MR) is 218 cm³/mol. The van der Waals surface area contributed by atoms with E-state index in [2.05, 4.69) is 91.0 Å². The van der Waals surface area contributed by atoms with Crippen LogP contribution in [0.4, 0.5) is 0 Å². The number of para-hydroxylation sites is 1. The highest BCUT2D eigenvalue weighted by atomic mass is 16.3.